The number of nitrogens with zero attached hydrogens (tertiary/aromatic N) is 2. The first-order valence-electron chi connectivity index (χ1n) is 12.5. The van der Waals surface area contributed by atoms with Gasteiger partial charge in [0, 0.05) is 22.8 Å². The molecule has 0 amide bonds. The average molecular weight is 507 g/mol. The maximum absolute atomic E-state index is 11.1. The summed E-state index contributed by atoms with van der Waals surface area (Å²) in [6, 6.07) is 17.0. The van der Waals surface area contributed by atoms with Crippen LogP contribution in [0.2, 0.25) is 0 Å². The molecule has 188 valence electrons. The molecule has 4 nitrogen and oxygen atoms in total. The first-order chi connectivity index (χ1) is 16.5. The maximum atomic E-state index is 11.1. The van der Waals surface area contributed by atoms with Crippen molar-refractivity contribution in [1.82, 2.24) is 0 Å². The number of rotatable bonds is 12. The van der Waals surface area contributed by atoms with Crippen LogP contribution in [0.5, 0.6) is 0 Å². The molecule has 5 heteroatoms. The van der Waals surface area contributed by atoms with Gasteiger partial charge in [0.2, 0.25) is 11.4 Å². The molecule has 2 aromatic carbocycles. The molecule has 0 atom stereocenters. The Balaban J connectivity index is 0.000000509. The van der Waals surface area contributed by atoms with Crippen LogP contribution >= 0.6 is 0 Å². The topological polar surface area (TPSA) is 43.8 Å². The van der Waals surface area contributed by atoms with E-state index in [0.29, 0.717) is 13.2 Å². The van der Waals surface area contributed by atoms with E-state index in [0.717, 1.165) is 63.3 Å². The summed E-state index contributed by atoms with van der Waals surface area (Å²) in [5.74, 6) is 0. The molecule has 0 unspecified atom stereocenters. The molecule has 0 bridgehead atoms. The standard InChI is InChI=1S/C25H30N2.2C2H5O.Ni/c1-4-6-9-20-10-8-12-22(17-20)25-23(11-7-5-2)18-24(27(25)26)21-15-13-19(3)14-16-21;2*1-2-3;/h8,10,12-18H,4-7,9,11H2,1-3H3;2*2H2,1H3;/q;2*-1;+2. The minimum atomic E-state index is 0.708. The second-order valence-electron chi connectivity index (χ2n) is 8.30. The molecule has 0 fully saturated rings. The molecule has 1 aliphatic rings. The third-order valence-corrected chi connectivity index (χ3v) is 6.28. The summed E-state index contributed by atoms with van der Waals surface area (Å²) >= 11 is 0.899. The van der Waals surface area contributed by atoms with Crippen LogP contribution in [0.15, 0.2) is 60.2 Å². The van der Waals surface area contributed by atoms with Gasteiger partial charge in [-0.15, -0.1) is 0 Å². The molecule has 0 spiro atoms. The molecule has 0 saturated heterocycles. The number of hydrogen-bond acceptors (Lipinski definition) is 2. The Labute approximate surface area is 213 Å². The van der Waals surface area contributed by atoms with Gasteiger partial charge in [-0.2, -0.15) is 0 Å². The summed E-state index contributed by atoms with van der Waals surface area (Å²) < 4.78 is 11.0. The van der Waals surface area contributed by atoms with Crippen molar-refractivity contribution in [3.8, 4) is 0 Å². The van der Waals surface area contributed by atoms with Gasteiger partial charge in [-0.1, -0.05) is 56.5 Å². The van der Waals surface area contributed by atoms with Gasteiger partial charge in [-0.05, 0) is 62.4 Å². The van der Waals surface area contributed by atoms with Crippen molar-refractivity contribution >= 4 is 11.4 Å². The molecule has 1 heterocycles. The number of hydrogen-bond donors (Lipinski definition) is 0. The van der Waals surface area contributed by atoms with Gasteiger partial charge in [0.25, 0.3) is 0 Å². The molecule has 0 aliphatic carbocycles. The van der Waals surface area contributed by atoms with Crippen LogP contribution in [0.25, 0.3) is 16.9 Å². The fourth-order valence-corrected chi connectivity index (χ4v) is 4.02. The zero-order valence-corrected chi connectivity index (χ0v) is 22.4. The van der Waals surface area contributed by atoms with Crippen LogP contribution in [0.1, 0.15) is 82.1 Å². The van der Waals surface area contributed by atoms with E-state index in [9.17, 15) is 5.53 Å². The first kappa shape index (κ1) is 28.2. The third-order valence-electron chi connectivity index (χ3n) is 5.48. The van der Waals surface area contributed by atoms with E-state index >= 15 is 0 Å². The Morgan fingerprint density at radius 3 is 2.09 bits per heavy atom. The molecule has 0 N–H and O–H groups in total. The molecular weight excluding hydrogens is 467 g/mol. The van der Waals surface area contributed by atoms with Gasteiger partial charge in [-0.25, -0.2) is 4.70 Å². The SMILES string of the molecule is CCCCC1=C(c2cccc(CCCC)c2)[N+](=[N-])C(c2ccc(C)cc2)=C1.CC[O][Ni][O]CC. The number of aryl methyl sites for hydroxylation is 2. The molecular formula is C29H40N2NiO2. The van der Waals surface area contributed by atoms with Gasteiger partial charge in [0.15, 0.2) is 0 Å². The van der Waals surface area contributed by atoms with Gasteiger partial charge in [0.05, 0.1) is 0 Å². The van der Waals surface area contributed by atoms with Crippen LogP contribution in [-0.4, -0.2) is 17.9 Å². The Morgan fingerprint density at radius 2 is 1.47 bits per heavy atom. The van der Waals surface area contributed by atoms with Crippen LogP contribution in [0.3, 0.4) is 0 Å². The Kier molecular flexibility index (Phi) is 13.1. The van der Waals surface area contributed by atoms with Crippen molar-refractivity contribution < 1.29 is 27.5 Å². The van der Waals surface area contributed by atoms with Crippen molar-refractivity contribution in [3.63, 3.8) is 0 Å². The molecule has 3 rings (SSSR count). The quantitative estimate of drug-likeness (QED) is 0.165. The predicted molar refractivity (Wildman–Crippen MR) is 138 cm³/mol. The van der Waals surface area contributed by atoms with E-state index in [1.165, 1.54) is 34.2 Å². The van der Waals surface area contributed by atoms with Crippen molar-refractivity contribution in [2.45, 2.75) is 73.1 Å². The van der Waals surface area contributed by atoms with Gasteiger partial charge in [0.1, 0.15) is 0 Å². The van der Waals surface area contributed by atoms with E-state index in [2.05, 4.69) is 75.4 Å². The molecule has 0 radical (unpaired) electrons. The summed E-state index contributed by atoms with van der Waals surface area (Å²) in [5.41, 5.74) is 18.8. The fourth-order valence-electron chi connectivity index (χ4n) is 3.70. The van der Waals surface area contributed by atoms with Crippen LogP contribution < -0.4 is 0 Å². The number of unbranched alkanes of at least 4 members (excludes halogenated alkanes) is 2. The van der Waals surface area contributed by atoms with E-state index in [4.69, 9.17) is 7.76 Å². The van der Waals surface area contributed by atoms with Gasteiger partial charge >= 0.3 is 49.9 Å². The minimum absolute atomic E-state index is 0.708. The number of benzene rings is 2. The van der Waals surface area contributed by atoms with Crippen LogP contribution in [0.4, 0.5) is 0 Å². The van der Waals surface area contributed by atoms with E-state index in [1.807, 2.05) is 13.8 Å². The monoisotopic (exact) mass is 506 g/mol. The van der Waals surface area contributed by atoms with Crippen molar-refractivity contribution in [1.29, 1.82) is 0 Å². The normalized spacial score (nSPS) is 13.2. The van der Waals surface area contributed by atoms with Crippen molar-refractivity contribution in [2.24, 2.45) is 0 Å². The van der Waals surface area contributed by atoms with Crippen LogP contribution in [0, 0.1) is 6.92 Å². The van der Waals surface area contributed by atoms with Crippen molar-refractivity contribution in [3.05, 3.63) is 88.0 Å². The summed E-state index contributed by atoms with van der Waals surface area (Å²) in [6.45, 7) is 11.8. The van der Waals surface area contributed by atoms with Crippen LogP contribution in [-0.2, 0) is 29.3 Å². The average Bonchev–Trinajstić information content (AvgIpc) is 3.18. The molecule has 34 heavy (non-hydrogen) atoms. The summed E-state index contributed by atoms with van der Waals surface area (Å²) in [5, 5.41) is 0. The number of allylic oxidation sites excluding steroid dienone is 2. The fraction of sp³-hybridized carbons (Fsp3) is 0.448. The van der Waals surface area contributed by atoms with Gasteiger partial charge in [-0.3, -0.25) is 0 Å². The molecule has 0 saturated carbocycles. The second kappa shape index (κ2) is 15.8. The third kappa shape index (κ3) is 8.61. The second-order valence-corrected chi connectivity index (χ2v) is 9.04. The summed E-state index contributed by atoms with van der Waals surface area (Å²) in [4.78, 5) is 0. The summed E-state index contributed by atoms with van der Waals surface area (Å²) in [6.07, 6.45) is 8.89. The first-order valence-corrected chi connectivity index (χ1v) is 13.3. The summed E-state index contributed by atoms with van der Waals surface area (Å²) in [7, 11) is 0. The Hall–Kier alpha value is -2.07. The Bertz CT molecular complexity index is 960. The zero-order chi connectivity index (χ0) is 24.8. The van der Waals surface area contributed by atoms with Crippen molar-refractivity contribution in [2.75, 3.05) is 13.2 Å². The predicted octanol–water partition coefficient (Wildman–Crippen LogP) is 8.30. The Morgan fingerprint density at radius 1 is 0.824 bits per heavy atom. The van der Waals surface area contributed by atoms with E-state index in [1.54, 1.807) is 0 Å². The molecule has 0 aromatic heterocycles. The molecule has 1 aliphatic heterocycles. The van der Waals surface area contributed by atoms with E-state index in [-0.39, 0.29) is 0 Å². The van der Waals surface area contributed by atoms with Gasteiger partial charge < -0.3 is 5.53 Å². The zero-order valence-electron chi connectivity index (χ0n) is 21.4. The van der Waals surface area contributed by atoms with E-state index < -0.39 is 0 Å². The molecule has 2 aromatic rings.